The lowest BCUT2D eigenvalue weighted by atomic mass is 10.0. The summed E-state index contributed by atoms with van der Waals surface area (Å²) in [4.78, 5) is 18.5. The van der Waals surface area contributed by atoms with Gasteiger partial charge in [-0.3, -0.25) is 9.88 Å². The Labute approximate surface area is 174 Å². The van der Waals surface area contributed by atoms with Gasteiger partial charge in [0.25, 0.3) is 0 Å². The minimum atomic E-state index is -0.752. The highest BCUT2D eigenvalue weighted by Crippen LogP contribution is 2.26. The van der Waals surface area contributed by atoms with Gasteiger partial charge in [-0.25, -0.2) is 13.6 Å². The summed E-state index contributed by atoms with van der Waals surface area (Å²) in [6.07, 6.45) is 0.418. The van der Waals surface area contributed by atoms with Crippen molar-refractivity contribution in [2.75, 3.05) is 13.2 Å². The van der Waals surface area contributed by atoms with Crippen LogP contribution in [-0.2, 0) is 16.0 Å². The average Bonchev–Trinajstić information content (AvgIpc) is 2.66. The predicted octanol–water partition coefficient (Wildman–Crippen LogP) is 3.91. The van der Waals surface area contributed by atoms with E-state index in [0.29, 0.717) is 24.3 Å². The third-order valence-corrected chi connectivity index (χ3v) is 4.73. The number of rotatable bonds is 4. The Kier molecular flexibility index (Phi) is 6.67. The zero-order valence-corrected chi connectivity index (χ0v) is 17.3. The molecular formula is C22H26F2N2O4. The standard InChI is InChI=1S/C22H26F2N2O4/c1-22(2,3)30-21(28)26(18-13-29-10-9-19(18)27)12-15-8-7-14(11-25-15)20-16(23)5-4-6-17(20)24/h4-8,11,18-19,27H,9-10,12-13H2,1-3H3/t18-,19-/m1/s1. The van der Waals surface area contributed by atoms with Crippen molar-refractivity contribution in [2.24, 2.45) is 0 Å². The summed E-state index contributed by atoms with van der Waals surface area (Å²) < 4.78 is 39.0. The van der Waals surface area contributed by atoms with E-state index in [-0.39, 0.29) is 18.7 Å². The van der Waals surface area contributed by atoms with Crippen LogP contribution in [0.2, 0.25) is 0 Å². The number of aliphatic hydroxyl groups is 1. The molecule has 0 unspecified atom stereocenters. The molecule has 6 nitrogen and oxygen atoms in total. The molecule has 1 amide bonds. The van der Waals surface area contributed by atoms with Gasteiger partial charge in [-0.2, -0.15) is 0 Å². The number of halogens is 2. The second-order valence-corrected chi connectivity index (χ2v) is 8.24. The van der Waals surface area contributed by atoms with Gasteiger partial charge in [0.05, 0.1) is 36.6 Å². The van der Waals surface area contributed by atoms with Crippen molar-refractivity contribution in [3.05, 3.63) is 53.9 Å². The Bertz CT molecular complexity index is 863. The molecule has 0 aliphatic carbocycles. The normalized spacial score (nSPS) is 19.4. The first-order valence-electron chi connectivity index (χ1n) is 9.80. The number of benzene rings is 1. The van der Waals surface area contributed by atoms with E-state index in [1.165, 1.54) is 29.3 Å². The van der Waals surface area contributed by atoms with Crippen molar-refractivity contribution in [3.63, 3.8) is 0 Å². The maximum atomic E-state index is 14.0. The number of hydrogen-bond acceptors (Lipinski definition) is 5. The van der Waals surface area contributed by atoms with Gasteiger partial charge >= 0.3 is 6.09 Å². The highest BCUT2D eigenvalue weighted by molar-refractivity contribution is 5.69. The number of hydrogen-bond donors (Lipinski definition) is 1. The van der Waals surface area contributed by atoms with Crippen molar-refractivity contribution >= 4 is 6.09 Å². The first-order chi connectivity index (χ1) is 14.2. The largest absolute Gasteiger partial charge is 0.444 e. The van der Waals surface area contributed by atoms with Crippen LogP contribution in [0.15, 0.2) is 36.5 Å². The van der Waals surface area contributed by atoms with Gasteiger partial charge in [-0.15, -0.1) is 0 Å². The topological polar surface area (TPSA) is 71.9 Å². The second kappa shape index (κ2) is 9.06. The molecule has 30 heavy (non-hydrogen) atoms. The van der Waals surface area contributed by atoms with Crippen LogP contribution < -0.4 is 0 Å². The Morgan fingerprint density at radius 1 is 1.27 bits per heavy atom. The van der Waals surface area contributed by atoms with Crippen LogP contribution in [0, 0.1) is 11.6 Å². The minimum absolute atomic E-state index is 0.0556. The maximum absolute atomic E-state index is 14.0. The van der Waals surface area contributed by atoms with Crippen molar-refractivity contribution in [2.45, 2.75) is 51.5 Å². The van der Waals surface area contributed by atoms with Gasteiger partial charge in [-0.05, 0) is 45.4 Å². The van der Waals surface area contributed by atoms with Crippen molar-refractivity contribution < 1.29 is 28.2 Å². The van der Waals surface area contributed by atoms with Crippen molar-refractivity contribution in [3.8, 4) is 11.1 Å². The molecule has 8 heteroatoms. The van der Waals surface area contributed by atoms with E-state index >= 15 is 0 Å². The maximum Gasteiger partial charge on any atom is 0.411 e. The molecule has 2 aromatic rings. The molecule has 1 saturated heterocycles. The van der Waals surface area contributed by atoms with E-state index in [4.69, 9.17) is 9.47 Å². The number of nitrogens with zero attached hydrogens (tertiary/aromatic N) is 2. The molecule has 1 aliphatic heterocycles. The lowest BCUT2D eigenvalue weighted by molar-refractivity contribution is -0.0695. The average molecular weight is 420 g/mol. The third-order valence-electron chi connectivity index (χ3n) is 4.73. The molecule has 162 valence electrons. The van der Waals surface area contributed by atoms with E-state index in [9.17, 15) is 18.7 Å². The quantitative estimate of drug-likeness (QED) is 0.812. The fraction of sp³-hybridized carbons (Fsp3) is 0.455. The fourth-order valence-electron chi connectivity index (χ4n) is 3.26. The predicted molar refractivity (Wildman–Crippen MR) is 107 cm³/mol. The molecule has 3 rings (SSSR count). The summed E-state index contributed by atoms with van der Waals surface area (Å²) in [5.74, 6) is -1.36. The van der Waals surface area contributed by atoms with Crippen LogP contribution >= 0.6 is 0 Å². The number of amides is 1. The molecule has 0 radical (unpaired) electrons. The highest BCUT2D eigenvalue weighted by Gasteiger charge is 2.35. The summed E-state index contributed by atoms with van der Waals surface area (Å²) >= 11 is 0. The highest BCUT2D eigenvalue weighted by atomic mass is 19.1. The lowest BCUT2D eigenvalue weighted by Gasteiger charge is -2.37. The molecule has 1 fully saturated rings. The number of aliphatic hydroxyl groups excluding tert-OH is 1. The molecular weight excluding hydrogens is 394 g/mol. The number of ether oxygens (including phenoxy) is 2. The Morgan fingerprint density at radius 2 is 1.97 bits per heavy atom. The van der Waals surface area contributed by atoms with Crippen molar-refractivity contribution in [1.82, 2.24) is 9.88 Å². The SMILES string of the molecule is CC(C)(C)OC(=O)N(Cc1ccc(-c2c(F)cccc2F)cn1)[C@@H]1COCC[C@H]1O. The lowest BCUT2D eigenvalue weighted by Crippen LogP contribution is -2.53. The number of aromatic nitrogens is 1. The molecule has 2 heterocycles. The van der Waals surface area contributed by atoms with E-state index in [1.807, 2.05) is 0 Å². The smallest absolute Gasteiger partial charge is 0.411 e. The molecule has 1 aliphatic rings. The van der Waals surface area contributed by atoms with E-state index in [0.717, 1.165) is 0 Å². The summed E-state index contributed by atoms with van der Waals surface area (Å²) in [6.45, 7) is 5.92. The van der Waals surface area contributed by atoms with Gasteiger partial charge in [0.2, 0.25) is 0 Å². The van der Waals surface area contributed by atoms with E-state index in [2.05, 4.69) is 4.98 Å². The fourth-order valence-corrected chi connectivity index (χ4v) is 3.26. The zero-order valence-electron chi connectivity index (χ0n) is 17.3. The molecule has 1 aromatic carbocycles. The minimum Gasteiger partial charge on any atom is -0.444 e. The van der Waals surface area contributed by atoms with Gasteiger partial charge in [0, 0.05) is 18.4 Å². The van der Waals surface area contributed by atoms with Crippen LogP contribution in [0.3, 0.4) is 0 Å². The Hall–Kier alpha value is -2.58. The number of carbonyl (C=O) groups excluding carboxylic acids is 1. The third kappa shape index (κ3) is 5.31. The second-order valence-electron chi connectivity index (χ2n) is 8.24. The van der Waals surface area contributed by atoms with Crippen LogP contribution in [0.25, 0.3) is 11.1 Å². The number of pyridine rings is 1. The summed E-state index contributed by atoms with van der Waals surface area (Å²) in [7, 11) is 0. The molecule has 0 spiro atoms. The van der Waals surface area contributed by atoms with Gasteiger partial charge in [0.15, 0.2) is 0 Å². The first kappa shape index (κ1) is 22.1. The molecule has 1 N–H and O–H groups in total. The molecule has 0 saturated carbocycles. The van der Waals surface area contributed by atoms with Crippen LogP contribution in [-0.4, -0.2) is 52.0 Å². The van der Waals surface area contributed by atoms with E-state index in [1.54, 1.807) is 32.9 Å². The summed E-state index contributed by atoms with van der Waals surface area (Å²) in [5.41, 5.74) is -0.0925. The number of carbonyl (C=O) groups is 1. The molecule has 2 atom stereocenters. The van der Waals surface area contributed by atoms with Gasteiger partial charge < -0.3 is 14.6 Å². The Balaban J connectivity index is 1.84. The van der Waals surface area contributed by atoms with Crippen molar-refractivity contribution in [1.29, 1.82) is 0 Å². The molecule has 0 bridgehead atoms. The van der Waals surface area contributed by atoms with Crippen LogP contribution in [0.1, 0.15) is 32.9 Å². The van der Waals surface area contributed by atoms with Gasteiger partial charge in [0.1, 0.15) is 17.2 Å². The molecule has 1 aromatic heterocycles. The first-order valence-corrected chi connectivity index (χ1v) is 9.80. The Morgan fingerprint density at radius 3 is 2.53 bits per heavy atom. The van der Waals surface area contributed by atoms with E-state index < -0.39 is 35.5 Å². The zero-order chi connectivity index (χ0) is 21.9. The monoisotopic (exact) mass is 420 g/mol. The van der Waals surface area contributed by atoms with Crippen LogP contribution in [0.5, 0.6) is 0 Å². The summed E-state index contributed by atoms with van der Waals surface area (Å²) in [5, 5.41) is 10.4. The van der Waals surface area contributed by atoms with Gasteiger partial charge in [-0.1, -0.05) is 12.1 Å². The van der Waals surface area contributed by atoms with Crippen LogP contribution in [0.4, 0.5) is 13.6 Å². The summed E-state index contributed by atoms with van der Waals surface area (Å²) in [6, 6.07) is 6.22.